The van der Waals surface area contributed by atoms with Gasteiger partial charge < -0.3 is 5.73 Å². The van der Waals surface area contributed by atoms with Gasteiger partial charge in [0.05, 0.1) is 10.2 Å². The molecule has 3 nitrogen and oxygen atoms in total. The predicted octanol–water partition coefficient (Wildman–Crippen LogP) is 5.39. The summed E-state index contributed by atoms with van der Waals surface area (Å²) in [7, 11) is 0. The number of nitrogen functional groups attached to an aromatic ring is 1. The van der Waals surface area contributed by atoms with Crippen LogP contribution in [0, 0.1) is 31.0 Å². The zero-order valence-electron chi connectivity index (χ0n) is 13.8. The summed E-state index contributed by atoms with van der Waals surface area (Å²) in [4.78, 5) is 4.41. The topological polar surface area (TPSA) is 62.7 Å². The van der Waals surface area contributed by atoms with Crippen LogP contribution in [0.1, 0.15) is 16.7 Å². The van der Waals surface area contributed by atoms with Crippen LogP contribution in [0.5, 0.6) is 0 Å². The number of aryl methyl sites for hydroxylation is 2. The zero-order chi connectivity index (χ0) is 18.1. The molecule has 0 saturated heterocycles. The summed E-state index contributed by atoms with van der Waals surface area (Å²) in [5, 5.41) is 9.49. The van der Waals surface area contributed by atoms with Gasteiger partial charge in [0, 0.05) is 11.1 Å². The summed E-state index contributed by atoms with van der Waals surface area (Å²) < 4.78 is 13.9. The average Bonchev–Trinajstić information content (AvgIpc) is 2.58. The molecule has 2 N–H and O–H groups in total. The Morgan fingerprint density at radius 2 is 1.84 bits per heavy atom. The quantitative estimate of drug-likeness (QED) is 0.632. The van der Waals surface area contributed by atoms with E-state index in [1.54, 1.807) is 12.1 Å². The first kappa shape index (κ1) is 17.1. The molecule has 0 saturated carbocycles. The number of benzene rings is 2. The summed E-state index contributed by atoms with van der Waals surface area (Å²) in [6.45, 7) is 4.01. The van der Waals surface area contributed by atoms with Gasteiger partial charge >= 0.3 is 0 Å². The maximum atomic E-state index is 13.6. The van der Waals surface area contributed by atoms with Crippen molar-refractivity contribution in [3.63, 3.8) is 0 Å². The molecule has 5 heteroatoms. The lowest BCUT2D eigenvalue weighted by Gasteiger charge is -2.13. The molecule has 0 aliphatic heterocycles. The molecule has 0 bridgehead atoms. The summed E-state index contributed by atoms with van der Waals surface area (Å²) in [5.74, 6) is -0.199. The Labute approximate surface area is 154 Å². The van der Waals surface area contributed by atoms with Gasteiger partial charge in [-0.15, -0.1) is 0 Å². The summed E-state index contributed by atoms with van der Waals surface area (Å²) in [6.07, 6.45) is 0. The molecule has 1 aromatic heterocycles. The van der Waals surface area contributed by atoms with Crippen LogP contribution in [0.4, 0.5) is 10.2 Å². The van der Waals surface area contributed by atoms with Gasteiger partial charge in [0.2, 0.25) is 0 Å². The number of halogens is 2. The third-order valence-electron chi connectivity index (χ3n) is 4.06. The molecule has 0 unspecified atom stereocenters. The van der Waals surface area contributed by atoms with Crippen LogP contribution in [0.3, 0.4) is 0 Å². The van der Waals surface area contributed by atoms with Crippen LogP contribution in [-0.4, -0.2) is 4.98 Å². The number of rotatable bonds is 2. The van der Waals surface area contributed by atoms with Crippen LogP contribution >= 0.6 is 15.9 Å². The van der Waals surface area contributed by atoms with Gasteiger partial charge in [-0.25, -0.2) is 9.37 Å². The molecule has 25 heavy (non-hydrogen) atoms. The monoisotopic (exact) mass is 395 g/mol. The minimum atomic E-state index is -0.362. The molecule has 1 heterocycles. The minimum absolute atomic E-state index is 0.163. The SMILES string of the molecule is Cc1ccc(C)c(-c2cc(-c3ccc(F)c(Br)c3)c(C#N)c(N)n2)c1. The highest BCUT2D eigenvalue weighted by atomic mass is 79.9. The van der Waals surface area contributed by atoms with Crippen molar-refractivity contribution in [1.29, 1.82) is 5.26 Å². The summed E-state index contributed by atoms with van der Waals surface area (Å²) in [6, 6.07) is 14.6. The fraction of sp³-hybridized carbons (Fsp3) is 0.100. The van der Waals surface area contributed by atoms with Crippen molar-refractivity contribution in [1.82, 2.24) is 4.98 Å². The van der Waals surface area contributed by atoms with E-state index in [-0.39, 0.29) is 17.2 Å². The maximum absolute atomic E-state index is 13.6. The molecule has 0 fully saturated rings. The largest absolute Gasteiger partial charge is 0.383 e. The van der Waals surface area contributed by atoms with Gasteiger partial charge in [0.1, 0.15) is 23.3 Å². The van der Waals surface area contributed by atoms with Crippen molar-refractivity contribution in [2.45, 2.75) is 13.8 Å². The number of nitrogens with zero attached hydrogens (tertiary/aromatic N) is 2. The number of aromatic nitrogens is 1. The highest BCUT2D eigenvalue weighted by Crippen LogP contribution is 2.34. The van der Waals surface area contributed by atoms with Gasteiger partial charge in [0.15, 0.2) is 0 Å². The second kappa shape index (κ2) is 6.66. The van der Waals surface area contributed by atoms with E-state index in [1.807, 2.05) is 38.1 Å². The van der Waals surface area contributed by atoms with Crippen molar-refractivity contribution in [2.24, 2.45) is 0 Å². The van der Waals surface area contributed by atoms with Crippen LogP contribution in [0.15, 0.2) is 46.9 Å². The van der Waals surface area contributed by atoms with Crippen molar-refractivity contribution < 1.29 is 4.39 Å². The molecule has 2 aromatic carbocycles. The molecule has 0 spiro atoms. The number of hydrogen-bond acceptors (Lipinski definition) is 3. The number of pyridine rings is 1. The lowest BCUT2D eigenvalue weighted by Crippen LogP contribution is -2.00. The van der Waals surface area contributed by atoms with E-state index in [4.69, 9.17) is 5.73 Å². The Morgan fingerprint density at radius 3 is 2.52 bits per heavy atom. The van der Waals surface area contributed by atoms with Crippen LogP contribution in [0.2, 0.25) is 0 Å². The first-order chi connectivity index (χ1) is 11.9. The average molecular weight is 396 g/mol. The third kappa shape index (κ3) is 3.26. The molecule has 0 amide bonds. The van der Waals surface area contributed by atoms with Gasteiger partial charge in [-0.05, 0) is 65.2 Å². The fourth-order valence-electron chi connectivity index (χ4n) is 2.72. The Balaban J connectivity index is 2.28. The van der Waals surface area contributed by atoms with Gasteiger partial charge in [-0.3, -0.25) is 0 Å². The van der Waals surface area contributed by atoms with Crippen molar-refractivity contribution in [2.75, 3.05) is 5.73 Å². The van der Waals surface area contributed by atoms with Gasteiger partial charge in [-0.2, -0.15) is 5.26 Å². The standard InChI is InChI=1S/C20H15BrFN3/c1-11-3-4-12(2)14(7-11)19-9-15(16(10-23)20(24)25-19)13-5-6-18(22)17(21)8-13/h3-9H,1-2H3,(H2,24,25). The number of hydrogen-bond donors (Lipinski definition) is 1. The van der Waals surface area contributed by atoms with E-state index < -0.39 is 0 Å². The second-order valence-electron chi connectivity index (χ2n) is 5.87. The van der Waals surface area contributed by atoms with E-state index in [9.17, 15) is 9.65 Å². The molecule has 124 valence electrons. The molecule has 0 atom stereocenters. The summed E-state index contributed by atoms with van der Waals surface area (Å²) >= 11 is 3.19. The van der Waals surface area contributed by atoms with Crippen LogP contribution in [-0.2, 0) is 0 Å². The predicted molar refractivity (Wildman–Crippen MR) is 101 cm³/mol. The highest BCUT2D eigenvalue weighted by Gasteiger charge is 2.15. The molecule has 0 radical (unpaired) electrons. The molecular weight excluding hydrogens is 381 g/mol. The lowest BCUT2D eigenvalue weighted by molar-refractivity contribution is 0.621. The van der Waals surface area contributed by atoms with E-state index in [2.05, 4.69) is 27.0 Å². The van der Waals surface area contributed by atoms with Crippen molar-refractivity contribution >= 4 is 21.7 Å². The number of nitriles is 1. The van der Waals surface area contributed by atoms with Gasteiger partial charge in [-0.1, -0.05) is 23.8 Å². The van der Waals surface area contributed by atoms with Crippen molar-refractivity contribution in [3.8, 4) is 28.5 Å². The van der Waals surface area contributed by atoms with Crippen LogP contribution < -0.4 is 5.73 Å². The first-order valence-electron chi connectivity index (χ1n) is 7.64. The zero-order valence-corrected chi connectivity index (χ0v) is 15.4. The maximum Gasteiger partial charge on any atom is 0.142 e. The number of anilines is 1. The molecular formula is C20H15BrFN3. The third-order valence-corrected chi connectivity index (χ3v) is 4.67. The van der Waals surface area contributed by atoms with Crippen molar-refractivity contribution in [3.05, 3.63) is 69.4 Å². The van der Waals surface area contributed by atoms with E-state index in [0.717, 1.165) is 16.7 Å². The normalized spacial score (nSPS) is 10.5. The molecule has 3 rings (SSSR count). The molecule has 3 aromatic rings. The number of nitrogens with two attached hydrogens (primary N) is 1. The summed E-state index contributed by atoms with van der Waals surface area (Å²) in [5.41, 5.74) is 11.5. The first-order valence-corrected chi connectivity index (χ1v) is 8.43. The van der Waals surface area contributed by atoms with Crippen LogP contribution in [0.25, 0.3) is 22.4 Å². The Kier molecular flexibility index (Phi) is 4.56. The fourth-order valence-corrected chi connectivity index (χ4v) is 3.10. The minimum Gasteiger partial charge on any atom is -0.383 e. The molecule has 0 aliphatic carbocycles. The van der Waals surface area contributed by atoms with E-state index in [0.29, 0.717) is 21.3 Å². The smallest absolute Gasteiger partial charge is 0.142 e. The van der Waals surface area contributed by atoms with Gasteiger partial charge in [0.25, 0.3) is 0 Å². The molecule has 0 aliphatic rings. The second-order valence-corrected chi connectivity index (χ2v) is 6.73. The highest BCUT2D eigenvalue weighted by molar-refractivity contribution is 9.10. The Morgan fingerprint density at radius 1 is 1.08 bits per heavy atom. The van der Waals surface area contributed by atoms with E-state index in [1.165, 1.54) is 6.07 Å². The van der Waals surface area contributed by atoms with E-state index >= 15 is 0 Å². The Bertz CT molecular complexity index is 1020. The lowest BCUT2D eigenvalue weighted by atomic mass is 9.96. The Hall–Kier alpha value is -2.71.